The second-order valence-corrected chi connectivity index (χ2v) is 10.1. The fourth-order valence-corrected chi connectivity index (χ4v) is 5.97. The van der Waals surface area contributed by atoms with Crippen molar-refractivity contribution < 1.29 is 9.53 Å². The molecule has 1 saturated heterocycles. The molecule has 0 unspecified atom stereocenters. The Morgan fingerprint density at radius 1 is 1.09 bits per heavy atom. The Balaban J connectivity index is 1.33. The third-order valence-corrected chi connectivity index (χ3v) is 7.82. The number of benzene rings is 2. The molecule has 4 aromatic rings. The number of carbonyl (C=O) groups excluding carboxylic acids is 1. The highest BCUT2D eigenvalue weighted by Gasteiger charge is 2.30. The van der Waals surface area contributed by atoms with Gasteiger partial charge in [-0.3, -0.25) is 9.36 Å². The van der Waals surface area contributed by atoms with Crippen LogP contribution in [0.3, 0.4) is 0 Å². The zero-order valence-corrected chi connectivity index (χ0v) is 20.6. The molecule has 0 radical (unpaired) electrons. The first-order valence-corrected chi connectivity index (χ1v) is 13.2. The van der Waals surface area contributed by atoms with Gasteiger partial charge in [0.15, 0.2) is 11.0 Å². The number of amides is 1. The molecule has 5 rings (SSSR count). The summed E-state index contributed by atoms with van der Waals surface area (Å²) in [4.78, 5) is 16.4. The van der Waals surface area contributed by atoms with Crippen molar-refractivity contribution >= 4 is 29.0 Å². The molecular weight excluding hydrogens is 464 g/mol. The quantitative estimate of drug-likeness (QED) is 0.298. The lowest BCUT2D eigenvalue weighted by Crippen LogP contribution is -2.31. The van der Waals surface area contributed by atoms with E-state index < -0.39 is 0 Å². The van der Waals surface area contributed by atoms with E-state index >= 15 is 0 Å². The molecule has 1 aliphatic rings. The molecule has 34 heavy (non-hydrogen) atoms. The van der Waals surface area contributed by atoms with Crippen LogP contribution in [0.25, 0.3) is 5.69 Å². The van der Waals surface area contributed by atoms with E-state index in [1.165, 1.54) is 16.6 Å². The molecule has 8 heteroatoms. The summed E-state index contributed by atoms with van der Waals surface area (Å²) in [5.74, 6) is 1.98. The van der Waals surface area contributed by atoms with Crippen LogP contribution in [0.5, 0.6) is 5.75 Å². The van der Waals surface area contributed by atoms with Crippen molar-refractivity contribution in [2.24, 2.45) is 0 Å². The zero-order valence-electron chi connectivity index (χ0n) is 19.0. The molecule has 1 amide bonds. The first-order valence-electron chi connectivity index (χ1n) is 11.3. The van der Waals surface area contributed by atoms with Gasteiger partial charge in [-0.1, -0.05) is 54.2 Å². The number of ether oxygens (including phenoxy) is 1. The van der Waals surface area contributed by atoms with Gasteiger partial charge in [-0.15, -0.1) is 21.5 Å². The number of hydrogen-bond acceptors (Lipinski definition) is 6. The summed E-state index contributed by atoms with van der Waals surface area (Å²) in [6.45, 7) is 3.11. The minimum absolute atomic E-state index is 0.140. The minimum atomic E-state index is 0.140. The van der Waals surface area contributed by atoms with Gasteiger partial charge in [0.1, 0.15) is 12.4 Å². The highest BCUT2D eigenvalue weighted by molar-refractivity contribution is 7.99. The van der Waals surface area contributed by atoms with Crippen LogP contribution in [0.15, 0.2) is 77.3 Å². The van der Waals surface area contributed by atoms with Crippen LogP contribution in [0, 0.1) is 6.92 Å². The van der Waals surface area contributed by atoms with Crippen molar-refractivity contribution in [3.8, 4) is 11.4 Å². The molecule has 1 fully saturated rings. The number of aryl methyl sites for hydroxylation is 1. The molecule has 6 nitrogen and oxygen atoms in total. The molecule has 0 N–H and O–H groups in total. The maximum Gasteiger partial charge on any atom is 0.233 e. The maximum absolute atomic E-state index is 13.2. The second-order valence-electron chi connectivity index (χ2n) is 8.17. The Kier molecular flexibility index (Phi) is 6.97. The molecule has 1 atom stereocenters. The Morgan fingerprint density at radius 3 is 2.71 bits per heavy atom. The number of thioether (sulfide) groups is 1. The topological polar surface area (TPSA) is 60.3 Å². The predicted molar refractivity (Wildman–Crippen MR) is 136 cm³/mol. The van der Waals surface area contributed by atoms with Gasteiger partial charge < -0.3 is 9.64 Å². The number of carbonyl (C=O) groups is 1. The van der Waals surface area contributed by atoms with Gasteiger partial charge in [-0.05, 0) is 55.0 Å². The molecule has 1 aliphatic heterocycles. The summed E-state index contributed by atoms with van der Waals surface area (Å²) in [5, 5.41) is 11.6. The minimum Gasteiger partial charge on any atom is -0.485 e. The van der Waals surface area contributed by atoms with E-state index in [1.807, 2.05) is 71.0 Å². The number of thiophene rings is 1. The number of aromatic nitrogens is 3. The lowest BCUT2D eigenvalue weighted by Gasteiger charge is -2.23. The highest BCUT2D eigenvalue weighted by Crippen LogP contribution is 2.35. The predicted octanol–water partition coefficient (Wildman–Crippen LogP) is 5.67. The van der Waals surface area contributed by atoms with E-state index in [-0.39, 0.29) is 18.6 Å². The van der Waals surface area contributed by atoms with Crippen molar-refractivity contribution in [2.75, 3.05) is 12.3 Å². The summed E-state index contributed by atoms with van der Waals surface area (Å²) < 4.78 is 8.04. The Labute approximate surface area is 207 Å². The largest absolute Gasteiger partial charge is 0.485 e. The van der Waals surface area contributed by atoms with Gasteiger partial charge in [0.05, 0.1) is 11.8 Å². The van der Waals surface area contributed by atoms with Crippen LogP contribution in [0.1, 0.15) is 35.1 Å². The third kappa shape index (κ3) is 4.88. The summed E-state index contributed by atoms with van der Waals surface area (Å²) >= 11 is 3.15. The second kappa shape index (κ2) is 10.4. The Hall–Kier alpha value is -3.10. The maximum atomic E-state index is 13.2. The lowest BCUT2D eigenvalue weighted by molar-refractivity contribution is -0.129. The van der Waals surface area contributed by atoms with E-state index in [1.54, 1.807) is 11.3 Å². The molecule has 3 heterocycles. The van der Waals surface area contributed by atoms with Crippen LogP contribution in [0.2, 0.25) is 0 Å². The Morgan fingerprint density at radius 2 is 1.91 bits per heavy atom. The van der Waals surface area contributed by atoms with Gasteiger partial charge in [0.2, 0.25) is 5.91 Å². The molecule has 0 spiro atoms. The SMILES string of the molecule is Cc1ccccc1OCc1nnc(SCC(=O)N2CCC[C@@H]2c2cccs2)n1-c1ccccc1. The number of rotatable bonds is 8. The average Bonchev–Trinajstić information content (AvgIpc) is 3.63. The first-order chi connectivity index (χ1) is 16.7. The fourth-order valence-electron chi connectivity index (χ4n) is 4.24. The smallest absolute Gasteiger partial charge is 0.233 e. The molecular formula is C26H26N4O2S2. The van der Waals surface area contributed by atoms with E-state index in [0.717, 1.165) is 36.4 Å². The fraction of sp³-hybridized carbons (Fsp3) is 0.269. The van der Waals surface area contributed by atoms with Gasteiger partial charge in [-0.25, -0.2) is 0 Å². The summed E-state index contributed by atoms with van der Waals surface area (Å²) in [6, 6.07) is 22.3. The highest BCUT2D eigenvalue weighted by atomic mass is 32.2. The van der Waals surface area contributed by atoms with Gasteiger partial charge in [0.25, 0.3) is 0 Å². The van der Waals surface area contributed by atoms with Gasteiger partial charge >= 0.3 is 0 Å². The lowest BCUT2D eigenvalue weighted by atomic mass is 10.2. The van der Waals surface area contributed by atoms with Gasteiger partial charge in [0, 0.05) is 17.1 Å². The first kappa shape index (κ1) is 22.7. The standard InChI is InChI=1S/C26H26N4O2S2/c1-19-9-5-6-13-22(19)32-17-24-27-28-26(30(24)20-10-3-2-4-11-20)34-18-25(31)29-15-7-12-21(29)23-14-8-16-33-23/h2-6,8-11,13-14,16,21H,7,12,15,17-18H2,1H3/t21-/m1/s1. The van der Waals surface area contributed by atoms with Crippen molar-refractivity contribution in [1.29, 1.82) is 0 Å². The molecule has 0 saturated carbocycles. The van der Waals surface area contributed by atoms with E-state index in [4.69, 9.17) is 4.74 Å². The number of nitrogens with zero attached hydrogens (tertiary/aromatic N) is 4. The summed E-state index contributed by atoms with van der Waals surface area (Å²) in [7, 11) is 0. The van der Waals surface area contributed by atoms with Gasteiger partial charge in [-0.2, -0.15) is 0 Å². The molecule has 2 aromatic heterocycles. The molecule has 0 bridgehead atoms. The normalized spacial score (nSPS) is 15.6. The molecule has 174 valence electrons. The monoisotopic (exact) mass is 490 g/mol. The summed E-state index contributed by atoms with van der Waals surface area (Å²) in [5.41, 5.74) is 2.02. The van der Waals surface area contributed by atoms with Crippen molar-refractivity contribution in [2.45, 2.75) is 37.6 Å². The number of hydrogen-bond donors (Lipinski definition) is 0. The third-order valence-electron chi connectivity index (χ3n) is 5.93. The van der Waals surface area contributed by atoms with Crippen LogP contribution >= 0.6 is 23.1 Å². The van der Waals surface area contributed by atoms with Crippen LogP contribution < -0.4 is 4.74 Å². The van der Waals surface area contributed by atoms with E-state index in [9.17, 15) is 4.79 Å². The van der Waals surface area contributed by atoms with E-state index in [0.29, 0.717) is 16.7 Å². The summed E-state index contributed by atoms with van der Waals surface area (Å²) in [6.07, 6.45) is 2.07. The van der Waals surface area contributed by atoms with Crippen LogP contribution in [-0.4, -0.2) is 37.9 Å². The van der Waals surface area contributed by atoms with Crippen molar-refractivity contribution in [1.82, 2.24) is 19.7 Å². The van der Waals surface area contributed by atoms with Crippen molar-refractivity contribution in [3.05, 3.63) is 88.4 Å². The molecule has 2 aromatic carbocycles. The molecule has 0 aliphatic carbocycles. The number of likely N-dealkylation sites (tertiary alicyclic amines) is 1. The number of para-hydroxylation sites is 2. The van der Waals surface area contributed by atoms with Crippen molar-refractivity contribution in [3.63, 3.8) is 0 Å². The van der Waals surface area contributed by atoms with Crippen LogP contribution in [-0.2, 0) is 11.4 Å². The Bertz CT molecular complexity index is 1240. The average molecular weight is 491 g/mol. The zero-order chi connectivity index (χ0) is 23.3. The van der Waals surface area contributed by atoms with E-state index in [2.05, 4.69) is 27.7 Å². The van der Waals surface area contributed by atoms with Crippen LogP contribution in [0.4, 0.5) is 0 Å².